The Morgan fingerprint density at radius 2 is 2.10 bits per heavy atom. The molecule has 21 heavy (non-hydrogen) atoms. The van der Waals surface area contributed by atoms with E-state index < -0.39 is 6.10 Å². The van der Waals surface area contributed by atoms with E-state index in [1.54, 1.807) is 6.92 Å². The number of thioether (sulfide) groups is 1. The summed E-state index contributed by atoms with van der Waals surface area (Å²) in [6.07, 6.45) is 2.82. The third kappa shape index (κ3) is 4.93. The molecule has 5 heteroatoms. The first-order valence-electron chi connectivity index (χ1n) is 7.55. The van der Waals surface area contributed by atoms with Gasteiger partial charge in [-0.15, -0.1) is 0 Å². The second-order valence-corrected chi connectivity index (χ2v) is 7.06. The molecule has 0 bridgehead atoms. The molecular formula is C16H24N2O2S. The zero-order valence-electron chi connectivity index (χ0n) is 12.6. The van der Waals surface area contributed by atoms with Gasteiger partial charge in [-0.25, -0.2) is 4.79 Å². The number of hydrogen-bond donors (Lipinski definition) is 3. The number of aliphatic hydroxyl groups excluding tert-OH is 1. The standard InChI is InChI=1S/C16H24N2O2S/c1-3-21-15-9-8-14(10-15)18-16(20)17-13-6-4-12(5-7-13)11(2)19/h4-7,11,14-15,19H,3,8-10H2,1-2H3,(H2,17,18,20). The Balaban J connectivity index is 1.79. The molecule has 0 radical (unpaired) electrons. The van der Waals surface area contributed by atoms with Crippen molar-refractivity contribution >= 4 is 23.5 Å². The van der Waals surface area contributed by atoms with E-state index in [9.17, 15) is 9.90 Å². The summed E-state index contributed by atoms with van der Waals surface area (Å²) in [5.74, 6) is 1.14. The van der Waals surface area contributed by atoms with Gasteiger partial charge in [-0.3, -0.25) is 0 Å². The third-order valence-corrected chi connectivity index (χ3v) is 5.01. The zero-order chi connectivity index (χ0) is 15.2. The number of benzene rings is 1. The maximum absolute atomic E-state index is 12.0. The van der Waals surface area contributed by atoms with E-state index >= 15 is 0 Å². The lowest BCUT2D eigenvalue weighted by Crippen LogP contribution is -2.36. The van der Waals surface area contributed by atoms with Gasteiger partial charge >= 0.3 is 6.03 Å². The minimum Gasteiger partial charge on any atom is -0.389 e. The van der Waals surface area contributed by atoms with Crippen molar-refractivity contribution in [3.05, 3.63) is 29.8 Å². The SMILES string of the molecule is CCSC1CCC(NC(=O)Nc2ccc(C(C)O)cc2)C1. The first-order valence-corrected chi connectivity index (χ1v) is 8.60. The molecule has 0 heterocycles. The molecule has 0 aromatic heterocycles. The van der Waals surface area contributed by atoms with E-state index in [0.717, 1.165) is 29.8 Å². The van der Waals surface area contributed by atoms with Crippen LogP contribution in [0.5, 0.6) is 0 Å². The molecule has 2 rings (SSSR count). The van der Waals surface area contributed by atoms with Gasteiger partial charge in [0.2, 0.25) is 0 Å². The summed E-state index contributed by atoms with van der Waals surface area (Å²) in [7, 11) is 0. The van der Waals surface area contributed by atoms with E-state index in [0.29, 0.717) is 5.25 Å². The Hall–Kier alpha value is -1.20. The van der Waals surface area contributed by atoms with Crippen LogP contribution in [0.15, 0.2) is 24.3 Å². The number of carbonyl (C=O) groups is 1. The van der Waals surface area contributed by atoms with Gasteiger partial charge in [0.25, 0.3) is 0 Å². The first-order chi connectivity index (χ1) is 10.1. The maximum Gasteiger partial charge on any atom is 0.319 e. The molecule has 1 saturated carbocycles. The molecule has 0 spiro atoms. The quantitative estimate of drug-likeness (QED) is 0.780. The summed E-state index contributed by atoms with van der Waals surface area (Å²) >= 11 is 1.98. The number of anilines is 1. The van der Waals surface area contributed by atoms with Crippen LogP contribution < -0.4 is 10.6 Å². The lowest BCUT2D eigenvalue weighted by atomic mass is 10.1. The second kappa shape index (κ2) is 7.71. The Morgan fingerprint density at radius 1 is 1.38 bits per heavy atom. The van der Waals surface area contributed by atoms with E-state index in [1.165, 1.54) is 6.42 Å². The average molecular weight is 308 g/mol. The molecular weight excluding hydrogens is 284 g/mol. The van der Waals surface area contributed by atoms with Crippen LogP contribution in [0.2, 0.25) is 0 Å². The van der Waals surface area contributed by atoms with Crippen molar-refractivity contribution in [3.63, 3.8) is 0 Å². The van der Waals surface area contributed by atoms with Crippen molar-refractivity contribution in [2.75, 3.05) is 11.1 Å². The highest BCUT2D eigenvalue weighted by atomic mass is 32.2. The van der Waals surface area contributed by atoms with Crippen LogP contribution in [0.1, 0.15) is 44.8 Å². The average Bonchev–Trinajstić information content (AvgIpc) is 2.87. The van der Waals surface area contributed by atoms with Crippen LogP contribution >= 0.6 is 11.8 Å². The summed E-state index contributed by atoms with van der Waals surface area (Å²) in [6, 6.07) is 7.41. The largest absolute Gasteiger partial charge is 0.389 e. The van der Waals surface area contributed by atoms with Gasteiger partial charge in [-0.1, -0.05) is 19.1 Å². The van der Waals surface area contributed by atoms with Gasteiger partial charge in [0.05, 0.1) is 6.10 Å². The Kier molecular flexibility index (Phi) is 5.94. The van der Waals surface area contributed by atoms with Crippen LogP contribution in [-0.2, 0) is 0 Å². The van der Waals surface area contributed by atoms with Gasteiger partial charge in [-0.2, -0.15) is 11.8 Å². The highest BCUT2D eigenvalue weighted by Gasteiger charge is 2.25. The highest BCUT2D eigenvalue weighted by Crippen LogP contribution is 2.29. The molecule has 1 aromatic carbocycles. The molecule has 0 saturated heterocycles. The minimum atomic E-state index is -0.487. The van der Waals surface area contributed by atoms with Crippen molar-refractivity contribution in [2.24, 2.45) is 0 Å². The normalized spacial score (nSPS) is 22.8. The summed E-state index contributed by atoms with van der Waals surface area (Å²) in [5.41, 5.74) is 1.59. The number of urea groups is 1. The van der Waals surface area contributed by atoms with Crippen molar-refractivity contribution in [3.8, 4) is 0 Å². The minimum absolute atomic E-state index is 0.146. The predicted octanol–water partition coefficient (Wildman–Crippen LogP) is 3.54. The molecule has 3 N–H and O–H groups in total. The molecule has 2 amide bonds. The van der Waals surface area contributed by atoms with Crippen LogP contribution in [0.3, 0.4) is 0 Å². The number of aliphatic hydroxyl groups is 1. The fourth-order valence-corrected chi connectivity index (χ4v) is 3.80. The number of amides is 2. The molecule has 0 aliphatic heterocycles. The molecule has 1 aliphatic rings. The third-order valence-electron chi connectivity index (χ3n) is 3.77. The van der Waals surface area contributed by atoms with Gasteiger partial charge < -0.3 is 15.7 Å². The van der Waals surface area contributed by atoms with Crippen LogP contribution in [-0.4, -0.2) is 28.2 Å². The summed E-state index contributed by atoms with van der Waals surface area (Å²) < 4.78 is 0. The Morgan fingerprint density at radius 3 is 2.71 bits per heavy atom. The van der Waals surface area contributed by atoms with Crippen LogP contribution in [0, 0.1) is 0 Å². The smallest absolute Gasteiger partial charge is 0.319 e. The first kappa shape index (κ1) is 16.2. The fraction of sp³-hybridized carbons (Fsp3) is 0.562. The molecule has 116 valence electrons. The van der Waals surface area contributed by atoms with Gasteiger partial charge in [0.1, 0.15) is 0 Å². The van der Waals surface area contributed by atoms with Gasteiger partial charge in [0, 0.05) is 17.0 Å². The highest BCUT2D eigenvalue weighted by molar-refractivity contribution is 7.99. The summed E-state index contributed by atoms with van der Waals surface area (Å²) in [6.45, 7) is 3.90. The Labute approximate surface area is 130 Å². The molecule has 3 unspecified atom stereocenters. The summed E-state index contributed by atoms with van der Waals surface area (Å²) in [5, 5.41) is 16.0. The van der Waals surface area contributed by atoms with Crippen molar-refractivity contribution in [1.82, 2.24) is 5.32 Å². The number of rotatable bonds is 5. The molecule has 4 nitrogen and oxygen atoms in total. The van der Waals surface area contributed by atoms with E-state index in [1.807, 2.05) is 36.0 Å². The van der Waals surface area contributed by atoms with Gasteiger partial charge in [-0.05, 0) is 49.6 Å². The zero-order valence-corrected chi connectivity index (χ0v) is 13.5. The van der Waals surface area contributed by atoms with Gasteiger partial charge in [0.15, 0.2) is 0 Å². The summed E-state index contributed by atoms with van der Waals surface area (Å²) in [4.78, 5) is 12.0. The molecule has 1 fully saturated rings. The lowest BCUT2D eigenvalue weighted by molar-refractivity contribution is 0.199. The Bertz CT molecular complexity index is 462. The molecule has 3 atom stereocenters. The van der Waals surface area contributed by atoms with Crippen molar-refractivity contribution < 1.29 is 9.90 Å². The van der Waals surface area contributed by atoms with Crippen LogP contribution in [0.25, 0.3) is 0 Å². The van der Waals surface area contributed by atoms with E-state index in [2.05, 4.69) is 17.6 Å². The van der Waals surface area contributed by atoms with E-state index in [-0.39, 0.29) is 12.1 Å². The van der Waals surface area contributed by atoms with Crippen molar-refractivity contribution in [2.45, 2.75) is 50.5 Å². The topological polar surface area (TPSA) is 61.4 Å². The van der Waals surface area contributed by atoms with E-state index in [4.69, 9.17) is 0 Å². The lowest BCUT2D eigenvalue weighted by Gasteiger charge is -2.14. The second-order valence-electron chi connectivity index (χ2n) is 5.48. The monoisotopic (exact) mass is 308 g/mol. The number of hydrogen-bond acceptors (Lipinski definition) is 3. The van der Waals surface area contributed by atoms with Crippen LogP contribution in [0.4, 0.5) is 10.5 Å². The molecule has 1 aliphatic carbocycles. The fourth-order valence-electron chi connectivity index (χ4n) is 2.66. The van der Waals surface area contributed by atoms with Crippen molar-refractivity contribution in [1.29, 1.82) is 0 Å². The predicted molar refractivity (Wildman–Crippen MR) is 88.8 cm³/mol. The molecule has 1 aromatic rings. The number of nitrogens with one attached hydrogen (secondary N) is 2. The maximum atomic E-state index is 12.0. The number of carbonyl (C=O) groups excluding carboxylic acids is 1.